The number of methoxy groups -OCH3 is 1. The molecule has 2 N–H and O–H groups in total. The molecule has 0 saturated heterocycles. The molecule has 0 aliphatic heterocycles. The van der Waals surface area contributed by atoms with Crippen molar-refractivity contribution < 1.29 is 14.9 Å². The number of ether oxygens (including phenoxy) is 1. The molecular weight excluding hydrogens is 372 g/mol. The summed E-state index contributed by atoms with van der Waals surface area (Å²) in [6.45, 7) is 7.76. The smallest absolute Gasteiger partial charge is 0.0641 e. The molecule has 4 aliphatic carbocycles. The highest BCUT2D eigenvalue weighted by Crippen LogP contribution is 2.66. The Morgan fingerprint density at radius 2 is 1.90 bits per heavy atom. The fraction of sp³-hybridized carbons (Fsp3) is 0.926. The molecule has 0 aromatic heterocycles. The zero-order valence-electron chi connectivity index (χ0n) is 20.0. The van der Waals surface area contributed by atoms with Gasteiger partial charge in [0.05, 0.1) is 11.7 Å². The summed E-state index contributed by atoms with van der Waals surface area (Å²) < 4.78 is 5.17. The maximum atomic E-state index is 10.6. The molecule has 3 heteroatoms. The van der Waals surface area contributed by atoms with Crippen LogP contribution in [-0.4, -0.2) is 35.6 Å². The molecule has 0 bridgehead atoms. The molecule has 4 rings (SSSR count). The molecule has 8 atom stereocenters. The third kappa shape index (κ3) is 4.04. The van der Waals surface area contributed by atoms with Crippen molar-refractivity contribution in [1.29, 1.82) is 0 Å². The predicted molar refractivity (Wildman–Crippen MR) is 122 cm³/mol. The molecule has 0 heterocycles. The van der Waals surface area contributed by atoms with Gasteiger partial charge in [-0.3, -0.25) is 0 Å². The van der Waals surface area contributed by atoms with E-state index in [2.05, 4.69) is 19.9 Å². The lowest BCUT2D eigenvalue weighted by Gasteiger charge is -2.58. The van der Waals surface area contributed by atoms with E-state index in [9.17, 15) is 10.2 Å². The highest BCUT2D eigenvalue weighted by molar-refractivity contribution is 5.25. The van der Waals surface area contributed by atoms with E-state index in [1.165, 1.54) is 44.9 Å². The van der Waals surface area contributed by atoms with Gasteiger partial charge in [-0.2, -0.15) is 0 Å². The Morgan fingerprint density at radius 3 is 2.67 bits per heavy atom. The van der Waals surface area contributed by atoms with Crippen LogP contribution in [0.25, 0.3) is 0 Å². The van der Waals surface area contributed by atoms with Crippen molar-refractivity contribution in [2.24, 2.45) is 34.5 Å². The van der Waals surface area contributed by atoms with Gasteiger partial charge in [0, 0.05) is 13.7 Å². The van der Waals surface area contributed by atoms with Crippen LogP contribution in [0.15, 0.2) is 11.6 Å². The molecule has 30 heavy (non-hydrogen) atoms. The van der Waals surface area contributed by atoms with Crippen LogP contribution in [0, 0.1) is 34.5 Å². The number of fused-ring (bicyclic) bond motifs is 5. The summed E-state index contributed by atoms with van der Waals surface area (Å²) >= 11 is 0. The monoisotopic (exact) mass is 418 g/mol. The molecular formula is C27H46O3. The summed E-state index contributed by atoms with van der Waals surface area (Å²) in [5, 5.41) is 20.8. The molecule has 0 amide bonds. The highest BCUT2D eigenvalue weighted by atomic mass is 16.5. The second kappa shape index (κ2) is 8.52. The molecule has 0 aromatic rings. The Kier molecular flexibility index (Phi) is 6.48. The van der Waals surface area contributed by atoms with Crippen LogP contribution >= 0.6 is 0 Å². The molecule has 4 aliphatic rings. The SMILES string of the molecule is COCCC(C)(O)CCC[C@H]1CCC2C3CC=C4CC(O)CCC4(C)C3CCC21C. The van der Waals surface area contributed by atoms with E-state index in [1.54, 1.807) is 12.7 Å². The second-order valence-corrected chi connectivity index (χ2v) is 12.1. The summed E-state index contributed by atoms with van der Waals surface area (Å²) in [5.74, 6) is 3.38. The normalized spacial score (nSPS) is 45.1. The lowest BCUT2D eigenvalue weighted by atomic mass is 9.47. The second-order valence-electron chi connectivity index (χ2n) is 12.1. The van der Waals surface area contributed by atoms with E-state index in [4.69, 9.17) is 4.74 Å². The zero-order valence-corrected chi connectivity index (χ0v) is 20.0. The summed E-state index contributed by atoms with van der Waals surface area (Å²) in [5.41, 5.74) is 1.84. The summed E-state index contributed by atoms with van der Waals surface area (Å²) in [4.78, 5) is 0. The van der Waals surface area contributed by atoms with Crippen LogP contribution in [0.3, 0.4) is 0 Å². The molecule has 0 aromatic carbocycles. The Bertz CT molecular complexity index is 640. The first kappa shape index (κ1) is 22.8. The first-order valence-electron chi connectivity index (χ1n) is 12.8. The standard InChI is InChI=1S/C27H46O3/c1-25(29,16-17-30-4)13-5-6-19-8-10-23-22-9-7-20-18-21(28)11-14-27(20,3)24(22)12-15-26(19,23)2/h7,19,21-24,28-29H,5-6,8-18H2,1-4H3/t19-,21?,22?,23?,24?,25?,26?,27?/m0/s1. The van der Waals surface area contributed by atoms with Gasteiger partial charge in [0.15, 0.2) is 0 Å². The van der Waals surface area contributed by atoms with Gasteiger partial charge in [-0.15, -0.1) is 0 Å². The molecule has 3 nitrogen and oxygen atoms in total. The Labute approximate surface area is 184 Å². The number of rotatable bonds is 7. The lowest BCUT2D eigenvalue weighted by Crippen LogP contribution is -2.50. The minimum atomic E-state index is -0.586. The van der Waals surface area contributed by atoms with E-state index in [1.807, 2.05) is 6.92 Å². The minimum Gasteiger partial charge on any atom is -0.393 e. The predicted octanol–water partition coefficient (Wildman–Crippen LogP) is 5.88. The van der Waals surface area contributed by atoms with Crippen molar-refractivity contribution in [3.05, 3.63) is 11.6 Å². The third-order valence-electron chi connectivity index (χ3n) is 10.4. The number of allylic oxidation sites excluding steroid dienone is 1. The Balaban J connectivity index is 1.40. The maximum absolute atomic E-state index is 10.6. The van der Waals surface area contributed by atoms with Crippen LogP contribution in [0.2, 0.25) is 0 Å². The Hall–Kier alpha value is -0.380. The third-order valence-corrected chi connectivity index (χ3v) is 10.4. The van der Waals surface area contributed by atoms with Gasteiger partial charge < -0.3 is 14.9 Å². The quantitative estimate of drug-likeness (QED) is 0.507. The van der Waals surface area contributed by atoms with Crippen molar-refractivity contribution in [3.63, 3.8) is 0 Å². The van der Waals surface area contributed by atoms with Crippen LogP contribution in [0.1, 0.15) is 97.8 Å². The molecule has 3 fully saturated rings. The van der Waals surface area contributed by atoms with E-state index < -0.39 is 5.60 Å². The highest BCUT2D eigenvalue weighted by Gasteiger charge is 2.58. The van der Waals surface area contributed by atoms with E-state index in [0.717, 1.165) is 55.8 Å². The van der Waals surface area contributed by atoms with E-state index in [0.29, 0.717) is 17.4 Å². The van der Waals surface area contributed by atoms with Gasteiger partial charge in [-0.25, -0.2) is 0 Å². The number of hydrogen-bond acceptors (Lipinski definition) is 3. The van der Waals surface area contributed by atoms with Crippen LogP contribution in [-0.2, 0) is 4.74 Å². The van der Waals surface area contributed by atoms with Crippen LogP contribution in [0.5, 0.6) is 0 Å². The van der Waals surface area contributed by atoms with Gasteiger partial charge in [-0.05, 0) is 112 Å². The largest absolute Gasteiger partial charge is 0.393 e. The maximum Gasteiger partial charge on any atom is 0.0641 e. The summed E-state index contributed by atoms with van der Waals surface area (Å²) in [7, 11) is 1.71. The van der Waals surface area contributed by atoms with Gasteiger partial charge in [0.2, 0.25) is 0 Å². The first-order valence-corrected chi connectivity index (χ1v) is 12.8. The molecule has 3 saturated carbocycles. The summed E-state index contributed by atoms with van der Waals surface area (Å²) in [6.07, 6.45) is 16.4. The zero-order chi connectivity index (χ0) is 21.6. The van der Waals surface area contributed by atoms with Gasteiger partial charge in [0.25, 0.3) is 0 Å². The number of hydrogen-bond donors (Lipinski definition) is 2. The fourth-order valence-corrected chi connectivity index (χ4v) is 8.40. The van der Waals surface area contributed by atoms with Crippen molar-refractivity contribution in [3.8, 4) is 0 Å². The molecule has 0 radical (unpaired) electrons. The van der Waals surface area contributed by atoms with Crippen LogP contribution < -0.4 is 0 Å². The van der Waals surface area contributed by atoms with E-state index >= 15 is 0 Å². The van der Waals surface area contributed by atoms with Gasteiger partial charge in [-0.1, -0.05) is 31.9 Å². The van der Waals surface area contributed by atoms with Crippen molar-refractivity contribution in [2.45, 2.75) is 110 Å². The average Bonchev–Trinajstić information content (AvgIpc) is 3.03. The average molecular weight is 419 g/mol. The van der Waals surface area contributed by atoms with Gasteiger partial charge in [0.1, 0.15) is 0 Å². The van der Waals surface area contributed by atoms with Crippen LogP contribution in [0.4, 0.5) is 0 Å². The van der Waals surface area contributed by atoms with Crippen molar-refractivity contribution >= 4 is 0 Å². The fourth-order valence-electron chi connectivity index (χ4n) is 8.40. The molecule has 0 spiro atoms. The number of aliphatic hydroxyl groups excluding tert-OH is 1. The first-order chi connectivity index (χ1) is 14.2. The lowest BCUT2D eigenvalue weighted by molar-refractivity contribution is -0.0519. The van der Waals surface area contributed by atoms with Crippen molar-refractivity contribution in [1.82, 2.24) is 0 Å². The molecule has 172 valence electrons. The van der Waals surface area contributed by atoms with E-state index in [-0.39, 0.29) is 6.10 Å². The van der Waals surface area contributed by atoms with Crippen molar-refractivity contribution in [2.75, 3.05) is 13.7 Å². The number of aliphatic hydroxyl groups is 2. The molecule has 7 unspecified atom stereocenters. The Morgan fingerprint density at radius 1 is 1.10 bits per heavy atom. The topological polar surface area (TPSA) is 49.7 Å². The minimum absolute atomic E-state index is 0.105. The summed E-state index contributed by atoms with van der Waals surface area (Å²) in [6, 6.07) is 0. The van der Waals surface area contributed by atoms with Gasteiger partial charge >= 0.3 is 0 Å².